The molecule has 1 aromatic heterocycles. The van der Waals surface area contributed by atoms with E-state index in [-0.39, 0.29) is 0 Å². The first-order valence-corrected chi connectivity index (χ1v) is 7.09. The van der Waals surface area contributed by atoms with Crippen LogP contribution < -0.4 is 5.32 Å². The highest BCUT2D eigenvalue weighted by atomic mass is 15.1. The number of nitrogens with zero attached hydrogens (tertiary/aromatic N) is 2. The molecule has 1 saturated heterocycles. The molecule has 17 heavy (non-hydrogen) atoms. The summed E-state index contributed by atoms with van der Waals surface area (Å²) < 4.78 is 2.45. The second-order valence-corrected chi connectivity index (χ2v) is 5.75. The van der Waals surface area contributed by atoms with Gasteiger partial charge in [-0.25, -0.2) is 4.98 Å². The van der Waals surface area contributed by atoms with Crippen molar-refractivity contribution in [3.63, 3.8) is 0 Å². The highest BCUT2D eigenvalue weighted by Gasteiger charge is 2.41. The van der Waals surface area contributed by atoms with Crippen LogP contribution in [0.1, 0.15) is 57.2 Å². The highest BCUT2D eigenvalue weighted by Crippen LogP contribution is 2.42. The van der Waals surface area contributed by atoms with Crippen molar-refractivity contribution in [2.75, 3.05) is 6.54 Å². The molecule has 1 aliphatic heterocycles. The molecule has 94 valence electrons. The minimum Gasteiger partial charge on any atom is -0.331 e. The first kappa shape index (κ1) is 11.3. The molecule has 0 bridgehead atoms. The number of imidazole rings is 1. The Kier molecular flexibility index (Phi) is 2.95. The van der Waals surface area contributed by atoms with Gasteiger partial charge in [0.15, 0.2) is 0 Å². The zero-order valence-corrected chi connectivity index (χ0v) is 10.8. The van der Waals surface area contributed by atoms with Gasteiger partial charge in [0.1, 0.15) is 0 Å². The molecule has 1 unspecified atom stereocenters. The van der Waals surface area contributed by atoms with Gasteiger partial charge < -0.3 is 9.88 Å². The fourth-order valence-corrected chi connectivity index (χ4v) is 3.46. The lowest BCUT2D eigenvalue weighted by atomic mass is 9.70. The Morgan fingerprint density at radius 3 is 3.12 bits per heavy atom. The van der Waals surface area contributed by atoms with E-state index in [9.17, 15) is 0 Å². The summed E-state index contributed by atoms with van der Waals surface area (Å²) in [5.41, 5.74) is 1.91. The zero-order chi connectivity index (χ0) is 11.7. The Hall–Kier alpha value is -0.830. The molecule has 1 saturated carbocycles. The second-order valence-electron chi connectivity index (χ2n) is 5.75. The van der Waals surface area contributed by atoms with E-state index >= 15 is 0 Å². The highest BCUT2D eigenvalue weighted by molar-refractivity contribution is 5.06. The Morgan fingerprint density at radius 1 is 1.53 bits per heavy atom. The molecule has 2 fully saturated rings. The number of piperidine rings is 1. The quantitative estimate of drug-likeness (QED) is 0.870. The normalized spacial score (nSPS) is 27.0. The lowest BCUT2D eigenvalue weighted by molar-refractivity contribution is 0.109. The van der Waals surface area contributed by atoms with Gasteiger partial charge in [-0.1, -0.05) is 13.3 Å². The van der Waals surface area contributed by atoms with Crippen LogP contribution in [-0.2, 0) is 6.42 Å². The number of aryl methyl sites for hydroxylation is 1. The molecule has 1 aromatic rings. The maximum Gasteiger partial charge on any atom is 0.0950 e. The van der Waals surface area contributed by atoms with Gasteiger partial charge in [0.25, 0.3) is 0 Å². The van der Waals surface area contributed by atoms with E-state index in [2.05, 4.69) is 28.0 Å². The van der Waals surface area contributed by atoms with Gasteiger partial charge in [0, 0.05) is 23.5 Å². The molecule has 0 radical (unpaired) electrons. The number of hydrogen-bond acceptors (Lipinski definition) is 2. The molecular formula is C14H23N3. The van der Waals surface area contributed by atoms with E-state index in [1.165, 1.54) is 50.8 Å². The van der Waals surface area contributed by atoms with Crippen LogP contribution >= 0.6 is 0 Å². The molecule has 3 rings (SSSR count). The van der Waals surface area contributed by atoms with Crippen molar-refractivity contribution >= 4 is 0 Å². The summed E-state index contributed by atoms with van der Waals surface area (Å²) in [7, 11) is 0. The van der Waals surface area contributed by atoms with Gasteiger partial charge in [-0.05, 0) is 45.1 Å². The minimum absolute atomic E-state index is 0.483. The standard InChI is InChI=1S/C14H23N3/c1-2-4-13-10-15-11-17(13)12-5-8-16-14(9-12)6-3-7-14/h10-12,16H,2-9H2,1H3. The zero-order valence-electron chi connectivity index (χ0n) is 10.8. The van der Waals surface area contributed by atoms with Crippen LogP contribution in [0.25, 0.3) is 0 Å². The van der Waals surface area contributed by atoms with Gasteiger partial charge in [-0.3, -0.25) is 0 Å². The molecule has 2 aliphatic rings. The van der Waals surface area contributed by atoms with Crippen molar-refractivity contribution in [1.82, 2.24) is 14.9 Å². The summed E-state index contributed by atoms with van der Waals surface area (Å²) >= 11 is 0. The smallest absolute Gasteiger partial charge is 0.0950 e. The fourth-order valence-electron chi connectivity index (χ4n) is 3.46. The summed E-state index contributed by atoms with van der Waals surface area (Å²) in [5.74, 6) is 0. The number of rotatable bonds is 3. The monoisotopic (exact) mass is 233 g/mol. The third-order valence-electron chi connectivity index (χ3n) is 4.56. The summed E-state index contributed by atoms with van der Waals surface area (Å²) in [6.07, 6.45) is 13.2. The Balaban J connectivity index is 1.76. The van der Waals surface area contributed by atoms with Crippen LogP contribution in [0.2, 0.25) is 0 Å². The maximum absolute atomic E-state index is 4.35. The van der Waals surface area contributed by atoms with Crippen LogP contribution in [0.3, 0.4) is 0 Å². The SMILES string of the molecule is CCCc1cncn1C1CCNC2(CCC2)C1. The van der Waals surface area contributed by atoms with Crippen molar-refractivity contribution in [3.05, 3.63) is 18.2 Å². The van der Waals surface area contributed by atoms with E-state index in [0.29, 0.717) is 11.6 Å². The van der Waals surface area contributed by atoms with Crippen molar-refractivity contribution in [2.45, 2.75) is 63.5 Å². The first-order chi connectivity index (χ1) is 8.33. The summed E-state index contributed by atoms with van der Waals surface area (Å²) in [6, 6.07) is 0.681. The Bertz CT molecular complexity index is 379. The summed E-state index contributed by atoms with van der Waals surface area (Å²) in [4.78, 5) is 4.35. The molecule has 0 aromatic carbocycles. The fraction of sp³-hybridized carbons (Fsp3) is 0.786. The Morgan fingerprint density at radius 2 is 2.41 bits per heavy atom. The van der Waals surface area contributed by atoms with E-state index in [1.54, 1.807) is 0 Å². The van der Waals surface area contributed by atoms with E-state index in [1.807, 2.05) is 6.33 Å². The molecular weight excluding hydrogens is 210 g/mol. The second kappa shape index (κ2) is 4.45. The third kappa shape index (κ3) is 2.01. The van der Waals surface area contributed by atoms with E-state index in [4.69, 9.17) is 0 Å². The minimum atomic E-state index is 0.483. The van der Waals surface area contributed by atoms with Gasteiger partial charge in [-0.15, -0.1) is 0 Å². The first-order valence-electron chi connectivity index (χ1n) is 7.09. The lowest BCUT2D eigenvalue weighted by Crippen LogP contribution is -2.55. The Labute approximate surface area is 104 Å². The molecule has 3 nitrogen and oxygen atoms in total. The largest absolute Gasteiger partial charge is 0.331 e. The molecule has 1 aliphatic carbocycles. The molecule has 0 amide bonds. The van der Waals surface area contributed by atoms with Gasteiger partial charge in [-0.2, -0.15) is 0 Å². The van der Waals surface area contributed by atoms with Crippen LogP contribution in [0.4, 0.5) is 0 Å². The van der Waals surface area contributed by atoms with Crippen molar-refractivity contribution in [1.29, 1.82) is 0 Å². The van der Waals surface area contributed by atoms with Crippen LogP contribution in [0.5, 0.6) is 0 Å². The number of aromatic nitrogens is 2. The van der Waals surface area contributed by atoms with E-state index in [0.717, 1.165) is 6.42 Å². The molecule has 1 atom stereocenters. The predicted molar refractivity (Wildman–Crippen MR) is 69.1 cm³/mol. The van der Waals surface area contributed by atoms with Crippen LogP contribution in [0.15, 0.2) is 12.5 Å². The predicted octanol–water partition coefficient (Wildman–Crippen LogP) is 2.68. The summed E-state index contributed by atoms with van der Waals surface area (Å²) in [6.45, 7) is 3.42. The number of hydrogen-bond donors (Lipinski definition) is 1. The van der Waals surface area contributed by atoms with Crippen molar-refractivity contribution in [3.8, 4) is 0 Å². The van der Waals surface area contributed by atoms with Gasteiger partial charge >= 0.3 is 0 Å². The number of nitrogens with one attached hydrogen (secondary N) is 1. The van der Waals surface area contributed by atoms with Gasteiger partial charge in [0.05, 0.1) is 6.33 Å². The molecule has 3 heteroatoms. The van der Waals surface area contributed by atoms with Crippen LogP contribution in [-0.4, -0.2) is 21.6 Å². The molecule has 1 N–H and O–H groups in total. The van der Waals surface area contributed by atoms with E-state index < -0.39 is 0 Å². The third-order valence-corrected chi connectivity index (χ3v) is 4.56. The summed E-state index contributed by atoms with van der Waals surface area (Å²) in [5, 5.41) is 3.74. The average molecular weight is 233 g/mol. The van der Waals surface area contributed by atoms with Gasteiger partial charge in [0.2, 0.25) is 0 Å². The van der Waals surface area contributed by atoms with Crippen molar-refractivity contribution < 1.29 is 0 Å². The molecule has 1 spiro atoms. The topological polar surface area (TPSA) is 29.9 Å². The van der Waals surface area contributed by atoms with Crippen molar-refractivity contribution in [2.24, 2.45) is 0 Å². The maximum atomic E-state index is 4.35. The van der Waals surface area contributed by atoms with Crippen LogP contribution in [0, 0.1) is 0 Å². The lowest BCUT2D eigenvalue weighted by Gasteiger charge is -2.48. The molecule has 2 heterocycles. The average Bonchev–Trinajstić information content (AvgIpc) is 2.76.